The summed E-state index contributed by atoms with van der Waals surface area (Å²) in [5.74, 6) is -0.379. The van der Waals surface area contributed by atoms with Crippen LogP contribution in [0, 0.1) is 5.41 Å². The number of hydrogen-bond acceptors (Lipinski definition) is 4. The number of nitrogens with one attached hydrogen (secondary N) is 1. The topological polar surface area (TPSA) is 92.5 Å². The van der Waals surface area contributed by atoms with E-state index in [1.165, 1.54) is 16.4 Å². The predicted molar refractivity (Wildman–Crippen MR) is 97.6 cm³/mol. The number of nitrogens with zero attached hydrogens (tertiary/aromatic N) is 1. The van der Waals surface area contributed by atoms with Gasteiger partial charge >= 0.3 is 0 Å². The fraction of sp³-hybridized carbons (Fsp3) is 0.562. The molecule has 0 spiro atoms. The van der Waals surface area contributed by atoms with E-state index in [-0.39, 0.29) is 15.8 Å². The molecule has 0 fully saturated rings. The summed E-state index contributed by atoms with van der Waals surface area (Å²) in [6.07, 6.45) is 0. The molecule has 136 valence electrons. The number of nitrogens with two attached hydrogens (primary N) is 1. The summed E-state index contributed by atoms with van der Waals surface area (Å²) >= 11 is 6.07. The Balaban J connectivity index is 3.18. The number of sulfonamides is 1. The predicted octanol–water partition coefficient (Wildman–Crippen LogP) is 2.68. The molecule has 1 aromatic carbocycles. The lowest BCUT2D eigenvalue weighted by atomic mass is 9.87. The van der Waals surface area contributed by atoms with E-state index in [4.69, 9.17) is 17.3 Å². The number of carbonyl (C=O) groups excluding carboxylic acids is 1. The summed E-state index contributed by atoms with van der Waals surface area (Å²) in [4.78, 5) is 12.2. The van der Waals surface area contributed by atoms with Crippen LogP contribution in [0.2, 0.25) is 5.02 Å². The zero-order chi connectivity index (χ0) is 18.7. The minimum absolute atomic E-state index is 0.0324. The monoisotopic (exact) mass is 375 g/mol. The number of carbonyl (C=O) groups is 1. The average molecular weight is 376 g/mol. The van der Waals surface area contributed by atoms with E-state index in [1.807, 2.05) is 20.8 Å². The van der Waals surface area contributed by atoms with Crippen LogP contribution in [0.15, 0.2) is 23.1 Å². The summed E-state index contributed by atoms with van der Waals surface area (Å²) in [7, 11) is -3.72. The highest BCUT2D eigenvalue weighted by Gasteiger charge is 2.28. The van der Waals surface area contributed by atoms with Crippen molar-refractivity contribution in [3.05, 3.63) is 23.2 Å². The second-order valence-electron chi connectivity index (χ2n) is 6.57. The van der Waals surface area contributed by atoms with Crippen molar-refractivity contribution in [1.82, 2.24) is 4.31 Å². The van der Waals surface area contributed by atoms with Gasteiger partial charge in [-0.05, 0) is 23.6 Å². The van der Waals surface area contributed by atoms with Gasteiger partial charge in [-0.1, -0.05) is 46.2 Å². The van der Waals surface area contributed by atoms with Gasteiger partial charge < -0.3 is 11.1 Å². The van der Waals surface area contributed by atoms with Crippen LogP contribution in [-0.4, -0.2) is 37.8 Å². The first-order valence-electron chi connectivity index (χ1n) is 7.81. The first kappa shape index (κ1) is 20.9. The van der Waals surface area contributed by atoms with E-state index < -0.39 is 21.5 Å². The smallest absolute Gasteiger partial charge is 0.244 e. The van der Waals surface area contributed by atoms with Crippen molar-refractivity contribution < 1.29 is 13.2 Å². The Morgan fingerprint density at radius 1 is 1.29 bits per heavy atom. The number of halogens is 1. The van der Waals surface area contributed by atoms with Crippen molar-refractivity contribution in [2.45, 2.75) is 45.6 Å². The molecular formula is C16H26ClN3O3S. The van der Waals surface area contributed by atoms with Gasteiger partial charge in [0.15, 0.2) is 0 Å². The van der Waals surface area contributed by atoms with Crippen molar-refractivity contribution in [3.8, 4) is 0 Å². The van der Waals surface area contributed by atoms with E-state index in [1.54, 1.807) is 19.9 Å². The minimum Gasteiger partial charge on any atom is -0.325 e. The highest BCUT2D eigenvalue weighted by Crippen LogP contribution is 2.28. The Labute approximate surface area is 149 Å². The van der Waals surface area contributed by atoms with Gasteiger partial charge in [0.1, 0.15) is 4.90 Å². The molecule has 0 saturated carbocycles. The van der Waals surface area contributed by atoms with Gasteiger partial charge in [0.25, 0.3) is 0 Å². The summed E-state index contributed by atoms with van der Waals surface area (Å²) in [5.41, 5.74) is 5.85. The maximum atomic E-state index is 12.7. The molecule has 0 aromatic heterocycles. The molecule has 0 aliphatic rings. The molecule has 0 radical (unpaired) electrons. The maximum absolute atomic E-state index is 12.7. The van der Waals surface area contributed by atoms with E-state index in [9.17, 15) is 13.2 Å². The highest BCUT2D eigenvalue weighted by atomic mass is 35.5. The van der Waals surface area contributed by atoms with E-state index >= 15 is 0 Å². The molecular weight excluding hydrogens is 350 g/mol. The Morgan fingerprint density at radius 3 is 2.29 bits per heavy atom. The third-order valence-corrected chi connectivity index (χ3v) is 6.27. The van der Waals surface area contributed by atoms with Gasteiger partial charge in [-0.3, -0.25) is 4.79 Å². The third-order valence-electron chi connectivity index (χ3n) is 3.74. The normalized spacial score (nSPS) is 13.8. The Bertz CT molecular complexity index is 695. The summed E-state index contributed by atoms with van der Waals surface area (Å²) in [6.45, 7) is 9.74. The van der Waals surface area contributed by atoms with Crippen molar-refractivity contribution in [2.24, 2.45) is 11.1 Å². The molecule has 0 saturated heterocycles. The van der Waals surface area contributed by atoms with Crippen molar-refractivity contribution in [2.75, 3.05) is 18.4 Å². The van der Waals surface area contributed by atoms with Crippen molar-refractivity contribution in [1.29, 1.82) is 0 Å². The molecule has 3 N–H and O–H groups in total. The highest BCUT2D eigenvalue weighted by molar-refractivity contribution is 7.89. The van der Waals surface area contributed by atoms with Crippen molar-refractivity contribution >= 4 is 33.2 Å². The molecule has 0 heterocycles. The lowest BCUT2D eigenvalue weighted by molar-refractivity contribution is -0.119. The van der Waals surface area contributed by atoms with Gasteiger partial charge in [0.05, 0.1) is 11.1 Å². The number of benzene rings is 1. The van der Waals surface area contributed by atoms with Gasteiger partial charge in [-0.25, -0.2) is 8.42 Å². The van der Waals surface area contributed by atoms with Crippen LogP contribution in [0.4, 0.5) is 5.69 Å². The van der Waals surface area contributed by atoms with E-state index in [2.05, 4.69) is 5.32 Å². The second kappa shape index (κ2) is 7.82. The van der Waals surface area contributed by atoms with Crippen LogP contribution in [0.1, 0.15) is 34.6 Å². The Kier molecular flexibility index (Phi) is 6.81. The van der Waals surface area contributed by atoms with Gasteiger partial charge in [0, 0.05) is 18.8 Å². The van der Waals surface area contributed by atoms with Crippen LogP contribution in [0.3, 0.4) is 0 Å². The molecule has 1 rings (SSSR count). The third kappa shape index (κ3) is 4.69. The summed E-state index contributed by atoms with van der Waals surface area (Å²) in [6, 6.07) is 3.65. The van der Waals surface area contributed by atoms with Crippen LogP contribution < -0.4 is 11.1 Å². The lowest BCUT2D eigenvalue weighted by Crippen LogP contribution is -2.45. The molecule has 0 aliphatic heterocycles. The van der Waals surface area contributed by atoms with Gasteiger partial charge in [0.2, 0.25) is 15.9 Å². The second-order valence-corrected chi connectivity index (χ2v) is 8.88. The average Bonchev–Trinajstić information content (AvgIpc) is 2.48. The standard InChI is InChI=1S/C16H26ClN3O3S/c1-6-20(7-2)24(22,23)13-10-11(8-9-12(13)17)19-15(21)14(18)16(3,4)5/h8-10,14H,6-7,18H2,1-5H3,(H,19,21)/t14-/m1/s1. The number of hydrogen-bond donors (Lipinski definition) is 2. The lowest BCUT2D eigenvalue weighted by Gasteiger charge is -2.26. The van der Waals surface area contributed by atoms with Crippen LogP contribution in [0.25, 0.3) is 0 Å². The SMILES string of the molecule is CCN(CC)S(=O)(=O)c1cc(NC(=O)[C@@H](N)C(C)(C)C)ccc1Cl. The van der Waals surface area contributed by atoms with E-state index in [0.29, 0.717) is 18.8 Å². The van der Waals surface area contributed by atoms with Crippen LogP contribution in [0.5, 0.6) is 0 Å². The quantitative estimate of drug-likeness (QED) is 0.799. The molecule has 1 amide bonds. The number of rotatable bonds is 6. The minimum atomic E-state index is -3.72. The fourth-order valence-electron chi connectivity index (χ4n) is 2.09. The fourth-order valence-corrected chi connectivity index (χ4v) is 4.05. The van der Waals surface area contributed by atoms with Gasteiger partial charge in [-0.15, -0.1) is 0 Å². The molecule has 8 heteroatoms. The Hall–Kier alpha value is -1.15. The molecule has 0 aliphatic carbocycles. The molecule has 0 bridgehead atoms. The van der Waals surface area contributed by atoms with Crippen LogP contribution >= 0.6 is 11.6 Å². The zero-order valence-electron chi connectivity index (χ0n) is 14.8. The first-order chi connectivity index (χ1) is 10.9. The maximum Gasteiger partial charge on any atom is 0.244 e. The molecule has 6 nitrogen and oxygen atoms in total. The summed E-state index contributed by atoms with van der Waals surface area (Å²) in [5, 5.41) is 2.77. The zero-order valence-corrected chi connectivity index (χ0v) is 16.3. The molecule has 0 unspecified atom stereocenters. The molecule has 24 heavy (non-hydrogen) atoms. The molecule has 1 aromatic rings. The van der Waals surface area contributed by atoms with Gasteiger partial charge in [-0.2, -0.15) is 4.31 Å². The number of amides is 1. The van der Waals surface area contributed by atoms with Crippen LogP contribution in [-0.2, 0) is 14.8 Å². The Morgan fingerprint density at radius 2 is 1.83 bits per heavy atom. The van der Waals surface area contributed by atoms with Crippen molar-refractivity contribution in [3.63, 3.8) is 0 Å². The number of anilines is 1. The summed E-state index contributed by atoms with van der Waals surface area (Å²) < 4.78 is 26.6. The van der Waals surface area contributed by atoms with E-state index in [0.717, 1.165) is 0 Å². The first-order valence-corrected chi connectivity index (χ1v) is 9.63. The molecule has 1 atom stereocenters. The largest absolute Gasteiger partial charge is 0.325 e.